The van der Waals surface area contributed by atoms with Gasteiger partial charge in [0.15, 0.2) is 5.79 Å². The van der Waals surface area contributed by atoms with E-state index in [0.29, 0.717) is 13.0 Å². The first-order valence-corrected chi connectivity index (χ1v) is 7.36. The number of carbonyl (C=O) groups is 1. The summed E-state index contributed by atoms with van der Waals surface area (Å²) in [6.07, 6.45) is 2.54. The highest BCUT2D eigenvalue weighted by molar-refractivity contribution is 5.69. The van der Waals surface area contributed by atoms with Crippen LogP contribution in [-0.2, 0) is 14.3 Å². The number of hydrogen-bond acceptors (Lipinski definition) is 4. The zero-order chi connectivity index (χ0) is 15.8. The molecule has 1 fully saturated rings. The van der Waals surface area contributed by atoms with E-state index in [2.05, 4.69) is 25.2 Å². The number of aliphatic hydroxyl groups is 1. The van der Waals surface area contributed by atoms with Crippen LogP contribution in [-0.4, -0.2) is 30.6 Å². The highest BCUT2D eigenvalue weighted by atomic mass is 16.6. The smallest absolute Gasteiger partial charge is 0.305 e. The first-order chi connectivity index (χ1) is 9.26. The molecule has 0 bridgehead atoms. The number of rotatable bonds is 3. The van der Waals surface area contributed by atoms with E-state index in [4.69, 9.17) is 4.74 Å². The van der Waals surface area contributed by atoms with Crippen molar-refractivity contribution >= 4 is 5.97 Å². The molecule has 1 N–H and O–H groups in total. The van der Waals surface area contributed by atoms with E-state index in [1.54, 1.807) is 0 Å². The maximum atomic E-state index is 11.1. The fourth-order valence-corrected chi connectivity index (χ4v) is 2.19. The molecule has 0 aromatic heterocycles. The third kappa shape index (κ3) is 7.06. The van der Waals surface area contributed by atoms with Crippen LogP contribution in [0.4, 0.5) is 0 Å². The molecule has 20 heavy (non-hydrogen) atoms. The molecule has 0 aromatic carbocycles. The molecule has 118 valence electrons. The zero-order valence-electron chi connectivity index (χ0n) is 13.6. The Kier molecular flexibility index (Phi) is 8.06. The summed E-state index contributed by atoms with van der Waals surface area (Å²) in [6, 6.07) is 0. The lowest BCUT2D eigenvalue weighted by atomic mass is 9.83. The van der Waals surface area contributed by atoms with Crippen molar-refractivity contribution in [2.24, 2.45) is 5.41 Å². The van der Waals surface area contributed by atoms with Crippen molar-refractivity contribution < 1.29 is 19.4 Å². The first kappa shape index (κ1) is 19.1. The number of allylic oxidation sites excluding steroid dienone is 1. The summed E-state index contributed by atoms with van der Waals surface area (Å²) >= 11 is 0. The summed E-state index contributed by atoms with van der Waals surface area (Å²) in [7, 11) is 1.34. The summed E-state index contributed by atoms with van der Waals surface area (Å²) in [6.45, 7) is 12.7. The molecule has 1 unspecified atom stereocenters. The van der Waals surface area contributed by atoms with E-state index in [0.717, 1.165) is 18.4 Å². The Morgan fingerprint density at radius 2 is 2.05 bits per heavy atom. The lowest BCUT2D eigenvalue weighted by molar-refractivity contribution is -0.229. The zero-order valence-corrected chi connectivity index (χ0v) is 13.6. The molecule has 1 saturated heterocycles. The molecule has 0 radical (unpaired) electrons. The van der Waals surface area contributed by atoms with Gasteiger partial charge in [-0.2, -0.15) is 0 Å². The Morgan fingerprint density at radius 3 is 2.60 bits per heavy atom. The first-order valence-electron chi connectivity index (χ1n) is 7.36. The third-order valence-corrected chi connectivity index (χ3v) is 3.28. The number of hydrogen-bond donors (Lipinski definition) is 1. The molecule has 1 aliphatic rings. The average Bonchev–Trinajstić information content (AvgIpc) is 2.42. The minimum atomic E-state index is -1.24. The molecule has 1 atom stereocenters. The Labute approximate surface area is 123 Å². The van der Waals surface area contributed by atoms with Crippen molar-refractivity contribution in [1.82, 2.24) is 0 Å². The van der Waals surface area contributed by atoms with Crippen molar-refractivity contribution in [3.63, 3.8) is 0 Å². The largest absolute Gasteiger partial charge is 0.469 e. The molecule has 0 spiro atoms. The van der Waals surface area contributed by atoms with Crippen molar-refractivity contribution in [1.29, 1.82) is 0 Å². The summed E-state index contributed by atoms with van der Waals surface area (Å²) in [4.78, 5) is 11.1. The number of esters is 1. The van der Waals surface area contributed by atoms with Crippen LogP contribution >= 0.6 is 0 Å². The summed E-state index contributed by atoms with van der Waals surface area (Å²) in [5.41, 5.74) is 1.09. The van der Waals surface area contributed by atoms with Crippen molar-refractivity contribution in [2.45, 2.75) is 65.6 Å². The Morgan fingerprint density at radius 1 is 1.45 bits per heavy atom. The normalized spacial score (nSPS) is 25.8. The Bertz CT molecular complexity index is 322. The minimum absolute atomic E-state index is 0.0310. The van der Waals surface area contributed by atoms with E-state index in [1.807, 2.05) is 13.8 Å². The van der Waals surface area contributed by atoms with Crippen LogP contribution in [0.2, 0.25) is 0 Å². The van der Waals surface area contributed by atoms with Crippen LogP contribution in [0.25, 0.3) is 0 Å². The van der Waals surface area contributed by atoms with Crippen LogP contribution in [0.3, 0.4) is 0 Å². The van der Waals surface area contributed by atoms with Crippen LogP contribution in [0.15, 0.2) is 12.2 Å². The van der Waals surface area contributed by atoms with E-state index in [9.17, 15) is 9.90 Å². The second-order valence-electron chi connectivity index (χ2n) is 5.90. The molecule has 4 heteroatoms. The topological polar surface area (TPSA) is 55.8 Å². The molecule has 0 saturated carbocycles. The van der Waals surface area contributed by atoms with Crippen LogP contribution in [0.5, 0.6) is 0 Å². The van der Waals surface area contributed by atoms with E-state index < -0.39 is 5.79 Å². The van der Waals surface area contributed by atoms with Gasteiger partial charge in [-0.3, -0.25) is 4.79 Å². The lowest BCUT2D eigenvalue weighted by Crippen LogP contribution is -2.38. The highest BCUT2D eigenvalue weighted by Crippen LogP contribution is 2.35. The molecule has 4 nitrogen and oxygen atoms in total. The second kappa shape index (κ2) is 8.42. The summed E-state index contributed by atoms with van der Waals surface area (Å²) < 4.78 is 10.2. The van der Waals surface area contributed by atoms with Gasteiger partial charge in [0.25, 0.3) is 0 Å². The van der Waals surface area contributed by atoms with Gasteiger partial charge in [0.1, 0.15) is 0 Å². The van der Waals surface area contributed by atoms with Gasteiger partial charge < -0.3 is 14.6 Å². The van der Waals surface area contributed by atoms with Crippen LogP contribution in [0, 0.1) is 5.41 Å². The maximum Gasteiger partial charge on any atom is 0.305 e. The minimum Gasteiger partial charge on any atom is -0.469 e. The fourth-order valence-electron chi connectivity index (χ4n) is 2.19. The molecule has 1 heterocycles. The predicted molar refractivity (Wildman–Crippen MR) is 80.3 cm³/mol. The van der Waals surface area contributed by atoms with E-state index in [-0.39, 0.29) is 24.2 Å². The molecule has 1 rings (SSSR count). The predicted octanol–water partition coefficient (Wildman–Crippen LogP) is 3.44. The molecule has 0 aromatic rings. The average molecular weight is 286 g/mol. The second-order valence-corrected chi connectivity index (χ2v) is 5.90. The van der Waals surface area contributed by atoms with E-state index in [1.165, 1.54) is 7.11 Å². The van der Waals surface area contributed by atoms with Gasteiger partial charge in [-0.25, -0.2) is 0 Å². The van der Waals surface area contributed by atoms with Gasteiger partial charge in [0.2, 0.25) is 0 Å². The fraction of sp³-hybridized carbons (Fsp3) is 0.812. The molecule has 0 aliphatic carbocycles. The van der Waals surface area contributed by atoms with Crippen molar-refractivity contribution in [2.75, 3.05) is 13.7 Å². The highest BCUT2D eigenvalue weighted by Gasteiger charge is 2.34. The molecular formula is C16H30O4. The van der Waals surface area contributed by atoms with Gasteiger partial charge in [0, 0.05) is 12.8 Å². The quantitative estimate of drug-likeness (QED) is 0.638. The standard InChI is InChI=1S/C14H24O4.C2H6/c1-11-5-7-14(16,8-6-12(15)17-4)18-10-13(2,3)9-11;1-2/h16H,1,5-10H2,2-4H3;1-2H3. The molecular weight excluding hydrogens is 256 g/mol. The van der Waals surface area contributed by atoms with E-state index >= 15 is 0 Å². The van der Waals surface area contributed by atoms with Gasteiger partial charge >= 0.3 is 5.97 Å². The third-order valence-electron chi connectivity index (χ3n) is 3.28. The van der Waals surface area contributed by atoms with Gasteiger partial charge in [0.05, 0.1) is 20.1 Å². The van der Waals surface area contributed by atoms with Gasteiger partial charge in [-0.05, 0) is 18.3 Å². The van der Waals surface area contributed by atoms with Gasteiger partial charge in [-0.1, -0.05) is 39.8 Å². The molecule has 0 amide bonds. The molecule has 1 aliphatic heterocycles. The summed E-state index contributed by atoms with van der Waals surface area (Å²) in [5, 5.41) is 10.4. The number of methoxy groups -OCH3 is 1. The number of ether oxygens (including phenoxy) is 2. The Balaban J connectivity index is 0.00000172. The lowest BCUT2D eigenvalue weighted by Gasteiger charge is -2.36. The van der Waals surface area contributed by atoms with Crippen LogP contribution in [0.1, 0.15) is 59.8 Å². The Hall–Kier alpha value is -0.870. The monoisotopic (exact) mass is 286 g/mol. The maximum absolute atomic E-state index is 11.1. The van der Waals surface area contributed by atoms with Gasteiger partial charge in [-0.15, -0.1) is 0 Å². The number of carbonyl (C=O) groups excluding carboxylic acids is 1. The van der Waals surface area contributed by atoms with Crippen molar-refractivity contribution in [3.05, 3.63) is 12.2 Å². The van der Waals surface area contributed by atoms with Crippen molar-refractivity contribution in [3.8, 4) is 0 Å². The SMILES string of the molecule is C=C1CCC(O)(CCC(=O)OC)OCC(C)(C)C1.CC. The summed E-state index contributed by atoms with van der Waals surface area (Å²) in [5.74, 6) is -1.57. The van der Waals surface area contributed by atoms with Crippen LogP contribution < -0.4 is 0 Å².